The molecule has 0 saturated carbocycles. The molecule has 2 aliphatic rings. The number of hydrogen-bond acceptors (Lipinski definition) is 5. The summed E-state index contributed by atoms with van der Waals surface area (Å²) in [5.41, 5.74) is 0.223. The molecule has 1 heterocycles. The van der Waals surface area contributed by atoms with Gasteiger partial charge < -0.3 is 4.74 Å². The third kappa shape index (κ3) is 3.25. The van der Waals surface area contributed by atoms with Gasteiger partial charge in [0, 0.05) is 23.3 Å². The number of halogens is 2. The van der Waals surface area contributed by atoms with Gasteiger partial charge in [-0.15, -0.1) is 0 Å². The van der Waals surface area contributed by atoms with Crippen LogP contribution in [-0.2, 0) is 9.59 Å². The van der Waals surface area contributed by atoms with Crippen molar-refractivity contribution in [1.82, 2.24) is 0 Å². The molecule has 1 aliphatic heterocycles. The van der Waals surface area contributed by atoms with E-state index in [1.807, 2.05) is 0 Å². The average molecular weight is 417 g/mol. The summed E-state index contributed by atoms with van der Waals surface area (Å²) >= 11 is 6.05. The number of nitro benzene ring substituents is 1. The third-order valence-corrected chi connectivity index (χ3v) is 5.21. The van der Waals surface area contributed by atoms with Crippen molar-refractivity contribution in [3.05, 3.63) is 68.5 Å². The SMILES string of the molecule is O=C1C2=C(CCCC2)C(=O)N1c1cc(Oc2ccccc2[N+](=O)[O-])c(Cl)cc1F. The topological polar surface area (TPSA) is 89.8 Å². The molecule has 0 bridgehead atoms. The van der Waals surface area contributed by atoms with Crippen LogP contribution in [0.15, 0.2) is 47.5 Å². The number of amides is 2. The lowest BCUT2D eigenvalue weighted by molar-refractivity contribution is -0.385. The van der Waals surface area contributed by atoms with Gasteiger partial charge in [0.1, 0.15) is 11.6 Å². The smallest absolute Gasteiger partial charge is 0.311 e. The molecule has 0 radical (unpaired) electrons. The van der Waals surface area contributed by atoms with Crippen molar-refractivity contribution in [2.24, 2.45) is 0 Å². The third-order valence-electron chi connectivity index (χ3n) is 4.91. The quantitative estimate of drug-likeness (QED) is 0.400. The van der Waals surface area contributed by atoms with E-state index < -0.39 is 22.6 Å². The maximum atomic E-state index is 14.6. The molecule has 0 fully saturated rings. The molecular formula is C20H14ClFN2O5. The number of carbonyl (C=O) groups is 2. The first-order chi connectivity index (χ1) is 13.9. The highest BCUT2D eigenvalue weighted by atomic mass is 35.5. The van der Waals surface area contributed by atoms with E-state index in [0.717, 1.165) is 29.9 Å². The molecule has 1 aliphatic carbocycles. The van der Waals surface area contributed by atoms with E-state index in [1.54, 1.807) is 0 Å². The largest absolute Gasteiger partial charge is 0.448 e. The number of ether oxygens (including phenoxy) is 1. The second kappa shape index (κ2) is 7.29. The van der Waals surface area contributed by atoms with E-state index in [-0.39, 0.29) is 27.9 Å². The second-order valence-electron chi connectivity index (χ2n) is 6.67. The summed E-state index contributed by atoms with van der Waals surface area (Å²) in [6.45, 7) is 0. The van der Waals surface area contributed by atoms with Crippen LogP contribution in [-0.4, -0.2) is 16.7 Å². The van der Waals surface area contributed by atoms with Crippen LogP contribution in [0.3, 0.4) is 0 Å². The molecule has 0 spiro atoms. The summed E-state index contributed by atoms with van der Waals surface area (Å²) in [4.78, 5) is 36.8. The Morgan fingerprint density at radius 3 is 2.28 bits per heavy atom. The highest BCUT2D eigenvalue weighted by Gasteiger charge is 2.41. The lowest BCUT2D eigenvalue weighted by Gasteiger charge is -2.18. The minimum absolute atomic E-state index is 0.103. The fourth-order valence-corrected chi connectivity index (χ4v) is 3.73. The molecule has 0 unspecified atom stereocenters. The second-order valence-corrected chi connectivity index (χ2v) is 7.08. The summed E-state index contributed by atoms with van der Waals surface area (Å²) in [5, 5.41) is 11.0. The Bertz CT molecular complexity index is 1070. The molecule has 29 heavy (non-hydrogen) atoms. The monoisotopic (exact) mass is 416 g/mol. The minimum Gasteiger partial charge on any atom is -0.448 e. The van der Waals surface area contributed by atoms with Crippen LogP contribution in [0.1, 0.15) is 25.7 Å². The van der Waals surface area contributed by atoms with E-state index >= 15 is 0 Å². The Balaban J connectivity index is 1.74. The Morgan fingerprint density at radius 2 is 1.66 bits per heavy atom. The van der Waals surface area contributed by atoms with Crippen LogP contribution in [0.2, 0.25) is 5.02 Å². The summed E-state index contributed by atoms with van der Waals surface area (Å²) in [6, 6.07) is 7.65. The van der Waals surface area contributed by atoms with Crippen LogP contribution in [0.4, 0.5) is 15.8 Å². The van der Waals surface area contributed by atoms with Gasteiger partial charge in [-0.1, -0.05) is 23.7 Å². The summed E-state index contributed by atoms with van der Waals surface area (Å²) in [7, 11) is 0. The summed E-state index contributed by atoms with van der Waals surface area (Å²) in [6.07, 6.45) is 2.54. The molecule has 9 heteroatoms. The number of hydrogen-bond donors (Lipinski definition) is 0. The Morgan fingerprint density at radius 1 is 1.03 bits per heavy atom. The van der Waals surface area contributed by atoms with Crippen LogP contribution >= 0.6 is 11.6 Å². The predicted molar refractivity (Wildman–Crippen MR) is 103 cm³/mol. The van der Waals surface area contributed by atoms with Crippen molar-refractivity contribution in [2.45, 2.75) is 25.7 Å². The van der Waals surface area contributed by atoms with Gasteiger partial charge in [-0.05, 0) is 37.8 Å². The fourth-order valence-electron chi connectivity index (χ4n) is 3.54. The molecule has 2 aromatic carbocycles. The van der Waals surface area contributed by atoms with Crippen molar-refractivity contribution in [1.29, 1.82) is 0 Å². The molecule has 0 aromatic heterocycles. The van der Waals surface area contributed by atoms with Gasteiger partial charge in [-0.2, -0.15) is 0 Å². The summed E-state index contributed by atoms with van der Waals surface area (Å²) < 4.78 is 20.2. The molecule has 2 aromatic rings. The van der Waals surface area contributed by atoms with Gasteiger partial charge in [0.2, 0.25) is 5.75 Å². The van der Waals surface area contributed by atoms with Gasteiger partial charge in [-0.3, -0.25) is 19.7 Å². The number of benzene rings is 2. The van der Waals surface area contributed by atoms with Crippen LogP contribution < -0.4 is 9.64 Å². The Hall–Kier alpha value is -3.26. The van der Waals surface area contributed by atoms with E-state index in [0.29, 0.717) is 24.0 Å². The van der Waals surface area contributed by atoms with Gasteiger partial charge in [0.15, 0.2) is 0 Å². The van der Waals surface area contributed by atoms with Crippen molar-refractivity contribution in [2.75, 3.05) is 4.90 Å². The summed E-state index contributed by atoms with van der Waals surface area (Å²) in [5.74, 6) is -2.19. The first-order valence-corrected chi connectivity index (χ1v) is 9.27. The number of nitro groups is 1. The maximum absolute atomic E-state index is 14.6. The number of nitrogens with zero attached hydrogens (tertiary/aromatic N) is 2. The predicted octanol–water partition coefficient (Wildman–Crippen LogP) is 4.92. The Labute approximate surface area is 169 Å². The molecule has 7 nitrogen and oxygen atoms in total. The number of rotatable bonds is 4. The minimum atomic E-state index is -0.869. The van der Waals surface area contributed by atoms with E-state index in [2.05, 4.69) is 0 Å². The number of carbonyl (C=O) groups excluding carboxylic acids is 2. The number of para-hydroxylation sites is 2. The molecule has 0 saturated heterocycles. The van der Waals surface area contributed by atoms with E-state index in [1.165, 1.54) is 24.3 Å². The van der Waals surface area contributed by atoms with Gasteiger partial charge in [0.25, 0.3) is 11.8 Å². The molecule has 4 rings (SSSR count). The molecule has 0 atom stereocenters. The molecule has 2 amide bonds. The standard InChI is InChI=1S/C20H14ClFN2O5/c21-13-9-14(22)16(23-19(25)11-5-1-2-6-12(11)20(23)26)10-18(13)29-17-8-4-3-7-15(17)24(27)28/h3-4,7-10H,1-2,5-6H2. The first kappa shape index (κ1) is 19.1. The van der Waals surface area contributed by atoms with E-state index in [9.17, 15) is 24.1 Å². The van der Waals surface area contributed by atoms with Crippen LogP contribution in [0, 0.1) is 15.9 Å². The van der Waals surface area contributed by atoms with E-state index in [4.69, 9.17) is 16.3 Å². The fraction of sp³-hybridized carbons (Fsp3) is 0.200. The van der Waals surface area contributed by atoms with Crippen molar-refractivity contribution < 1.29 is 23.6 Å². The zero-order valence-corrected chi connectivity index (χ0v) is 15.7. The van der Waals surface area contributed by atoms with Crippen molar-refractivity contribution in [3.8, 4) is 11.5 Å². The van der Waals surface area contributed by atoms with Crippen LogP contribution in [0.5, 0.6) is 11.5 Å². The van der Waals surface area contributed by atoms with Gasteiger partial charge >= 0.3 is 5.69 Å². The maximum Gasteiger partial charge on any atom is 0.311 e. The Kier molecular flexibility index (Phi) is 4.79. The number of anilines is 1. The molecular weight excluding hydrogens is 403 g/mol. The number of imide groups is 1. The van der Waals surface area contributed by atoms with Gasteiger partial charge in [-0.25, -0.2) is 9.29 Å². The zero-order chi connectivity index (χ0) is 20.7. The van der Waals surface area contributed by atoms with Gasteiger partial charge in [0.05, 0.1) is 15.6 Å². The molecule has 148 valence electrons. The highest BCUT2D eigenvalue weighted by Crippen LogP contribution is 2.41. The van der Waals surface area contributed by atoms with Crippen molar-refractivity contribution in [3.63, 3.8) is 0 Å². The molecule has 0 N–H and O–H groups in total. The average Bonchev–Trinajstić information content (AvgIpc) is 2.95. The van der Waals surface area contributed by atoms with Crippen molar-refractivity contribution >= 4 is 34.8 Å². The lowest BCUT2D eigenvalue weighted by atomic mass is 9.93. The normalized spacial score (nSPS) is 16.3. The zero-order valence-electron chi connectivity index (χ0n) is 15.0. The van der Waals surface area contributed by atoms with Crippen LogP contribution in [0.25, 0.3) is 0 Å². The lowest BCUT2D eigenvalue weighted by Crippen LogP contribution is -2.32. The first-order valence-electron chi connectivity index (χ1n) is 8.89. The highest BCUT2D eigenvalue weighted by molar-refractivity contribution is 6.34.